The third-order valence-electron chi connectivity index (χ3n) is 3.58. The van der Waals surface area contributed by atoms with Crippen molar-refractivity contribution >= 4 is 12.9 Å². The van der Waals surface area contributed by atoms with Crippen molar-refractivity contribution < 1.29 is 14.2 Å². The minimum absolute atomic E-state index is 0.0657. The lowest BCUT2D eigenvalue weighted by Gasteiger charge is -2.19. The minimum atomic E-state index is -0.136. The lowest BCUT2D eigenvalue weighted by atomic mass is 9.56. The quantitative estimate of drug-likeness (QED) is 0.335. The highest BCUT2D eigenvalue weighted by molar-refractivity contribution is 6.59. The molecule has 1 fully saturated rings. The van der Waals surface area contributed by atoms with E-state index in [0.717, 1.165) is 12.7 Å². The lowest BCUT2D eigenvalue weighted by molar-refractivity contribution is -0.144. The van der Waals surface area contributed by atoms with Crippen molar-refractivity contribution in [1.29, 1.82) is 0 Å². The van der Waals surface area contributed by atoms with E-state index in [1.54, 1.807) is 0 Å². The summed E-state index contributed by atoms with van der Waals surface area (Å²) in [5, 5.41) is 0. The van der Waals surface area contributed by atoms with E-state index in [2.05, 4.69) is 12.2 Å². The van der Waals surface area contributed by atoms with Crippen LogP contribution in [0.4, 0.5) is 0 Å². The van der Waals surface area contributed by atoms with Crippen molar-refractivity contribution in [2.75, 3.05) is 13.3 Å². The van der Waals surface area contributed by atoms with E-state index in [-0.39, 0.29) is 25.4 Å². The molecule has 2 N–H and O–H groups in total. The Balaban J connectivity index is 2.08. The summed E-state index contributed by atoms with van der Waals surface area (Å²) in [6, 6.07) is 0. The second-order valence-corrected chi connectivity index (χ2v) is 4.38. The van der Waals surface area contributed by atoms with Crippen LogP contribution in [0.25, 0.3) is 0 Å². The van der Waals surface area contributed by atoms with Crippen molar-refractivity contribution in [3.63, 3.8) is 0 Å². The molecule has 1 aliphatic heterocycles. The van der Waals surface area contributed by atoms with E-state index in [9.17, 15) is 4.79 Å². The van der Waals surface area contributed by atoms with E-state index in [0.29, 0.717) is 18.4 Å². The maximum atomic E-state index is 11.9. The van der Waals surface area contributed by atoms with E-state index in [1.165, 1.54) is 0 Å². The van der Waals surface area contributed by atoms with Crippen LogP contribution in [0.2, 0.25) is 12.1 Å². The number of hydrogen-bond acceptors (Lipinski definition) is 4. The van der Waals surface area contributed by atoms with E-state index >= 15 is 0 Å². The van der Waals surface area contributed by atoms with Crippen molar-refractivity contribution in [1.82, 2.24) is 0 Å². The zero-order chi connectivity index (χ0) is 11.5. The third-order valence-corrected chi connectivity index (χ3v) is 3.58. The summed E-state index contributed by atoms with van der Waals surface area (Å²) < 4.78 is 10.6. The van der Waals surface area contributed by atoms with Crippen LogP contribution < -0.4 is 5.73 Å². The van der Waals surface area contributed by atoms with Crippen molar-refractivity contribution in [3.05, 3.63) is 12.2 Å². The van der Waals surface area contributed by atoms with Crippen LogP contribution in [0.3, 0.4) is 0 Å². The smallest absolute Gasteiger partial charge is 0.309 e. The fraction of sp³-hybridized carbons (Fsp3) is 0.727. The molecule has 0 unspecified atom stereocenters. The van der Waals surface area contributed by atoms with Crippen molar-refractivity contribution in [2.45, 2.75) is 25.5 Å². The SMILES string of the molecule is CCOC(=O)[C@H]1B(OCN)C[C@@H]2C=CC[C@H]12. The molecule has 0 spiro atoms. The molecular formula is C11H18BNO3. The number of ether oxygens (including phenoxy) is 1. The van der Waals surface area contributed by atoms with Gasteiger partial charge < -0.3 is 15.1 Å². The molecule has 5 heteroatoms. The topological polar surface area (TPSA) is 61.5 Å². The zero-order valence-electron chi connectivity index (χ0n) is 9.59. The van der Waals surface area contributed by atoms with Gasteiger partial charge in [0.2, 0.25) is 0 Å². The summed E-state index contributed by atoms with van der Waals surface area (Å²) in [4.78, 5) is 11.9. The van der Waals surface area contributed by atoms with Gasteiger partial charge in [-0.05, 0) is 31.5 Å². The van der Waals surface area contributed by atoms with Gasteiger partial charge in [-0.15, -0.1) is 0 Å². The molecule has 88 valence electrons. The van der Waals surface area contributed by atoms with Crippen LogP contribution in [0.15, 0.2) is 12.2 Å². The van der Waals surface area contributed by atoms with Crippen LogP contribution in [-0.2, 0) is 14.2 Å². The Morgan fingerprint density at radius 2 is 2.44 bits per heavy atom. The van der Waals surface area contributed by atoms with Crippen LogP contribution in [0.5, 0.6) is 0 Å². The van der Waals surface area contributed by atoms with Gasteiger partial charge in [0, 0.05) is 0 Å². The van der Waals surface area contributed by atoms with Gasteiger partial charge in [0.05, 0.1) is 19.2 Å². The summed E-state index contributed by atoms with van der Waals surface area (Å²) in [7, 11) is 0. The first-order valence-electron chi connectivity index (χ1n) is 5.92. The van der Waals surface area contributed by atoms with E-state index < -0.39 is 0 Å². The summed E-state index contributed by atoms with van der Waals surface area (Å²) >= 11 is 0. The molecular weight excluding hydrogens is 205 g/mol. The Morgan fingerprint density at radius 1 is 1.62 bits per heavy atom. The van der Waals surface area contributed by atoms with E-state index in [4.69, 9.17) is 15.1 Å². The van der Waals surface area contributed by atoms with E-state index in [1.807, 2.05) is 6.92 Å². The van der Waals surface area contributed by atoms with Gasteiger partial charge in [0.15, 0.2) is 0 Å². The number of rotatable bonds is 4. The standard InChI is InChI=1S/C11H18BNO3/c1-2-15-11(14)10-9-5-3-4-8(9)6-12(10)16-7-13/h3-4,8-10H,2,5-7,13H2,1H3/t8-,9-,10-/m0/s1. The fourth-order valence-electron chi connectivity index (χ4n) is 2.95. The normalized spacial score (nSPS) is 31.9. The maximum absolute atomic E-state index is 11.9. The number of nitrogens with two attached hydrogens (primary N) is 1. The van der Waals surface area contributed by atoms with Gasteiger partial charge in [-0.3, -0.25) is 4.79 Å². The first-order chi connectivity index (χ1) is 7.77. The van der Waals surface area contributed by atoms with Gasteiger partial charge in [-0.25, -0.2) is 0 Å². The van der Waals surface area contributed by atoms with Gasteiger partial charge in [0.1, 0.15) is 0 Å². The number of esters is 1. The molecule has 0 radical (unpaired) electrons. The Hall–Kier alpha value is -0.805. The van der Waals surface area contributed by atoms with Crippen LogP contribution in [-0.4, -0.2) is 26.2 Å². The molecule has 4 nitrogen and oxygen atoms in total. The Morgan fingerprint density at radius 3 is 3.12 bits per heavy atom. The first-order valence-corrected chi connectivity index (χ1v) is 5.92. The third kappa shape index (κ3) is 2.02. The molecule has 16 heavy (non-hydrogen) atoms. The second-order valence-electron chi connectivity index (χ2n) is 4.38. The monoisotopic (exact) mass is 223 g/mol. The Kier molecular flexibility index (Phi) is 3.66. The summed E-state index contributed by atoms with van der Waals surface area (Å²) in [5.74, 6) is 0.558. The number of allylic oxidation sites excluding steroid dienone is 2. The average Bonchev–Trinajstić information content (AvgIpc) is 2.77. The van der Waals surface area contributed by atoms with Gasteiger partial charge in [0.25, 0.3) is 0 Å². The molecule has 0 saturated carbocycles. The Bertz CT molecular complexity index is 295. The van der Waals surface area contributed by atoms with Gasteiger partial charge >= 0.3 is 12.9 Å². The molecule has 0 bridgehead atoms. The lowest BCUT2D eigenvalue weighted by Crippen LogP contribution is -2.31. The maximum Gasteiger partial charge on any atom is 0.309 e. The summed E-state index contributed by atoms with van der Waals surface area (Å²) in [6.45, 7) is 2.36. The Labute approximate surface area is 96.3 Å². The highest BCUT2D eigenvalue weighted by atomic mass is 16.5. The summed E-state index contributed by atoms with van der Waals surface area (Å²) in [6.07, 6.45) is 6.19. The zero-order valence-corrected chi connectivity index (χ0v) is 9.59. The molecule has 0 aromatic heterocycles. The molecule has 0 amide bonds. The predicted molar refractivity (Wildman–Crippen MR) is 61.8 cm³/mol. The molecule has 2 aliphatic rings. The molecule has 1 aliphatic carbocycles. The minimum Gasteiger partial charge on any atom is -0.466 e. The van der Waals surface area contributed by atoms with Crippen LogP contribution >= 0.6 is 0 Å². The highest BCUT2D eigenvalue weighted by Crippen LogP contribution is 2.48. The first kappa shape index (κ1) is 11.7. The number of hydrogen-bond donors (Lipinski definition) is 1. The number of carbonyl (C=O) groups excluding carboxylic acids is 1. The van der Waals surface area contributed by atoms with Crippen molar-refractivity contribution in [3.8, 4) is 0 Å². The number of carbonyl (C=O) groups is 1. The summed E-state index contributed by atoms with van der Waals surface area (Å²) in [5.41, 5.74) is 5.40. The van der Waals surface area contributed by atoms with Crippen LogP contribution in [0.1, 0.15) is 13.3 Å². The fourth-order valence-corrected chi connectivity index (χ4v) is 2.95. The molecule has 1 heterocycles. The molecule has 3 atom stereocenters. The molecule has 1 saturated heterocycles. The van der Waals surface area contributed by atoms with Gasteiger partial charge in [-0.2, -0.15) is 0 Å². The largest absolute Gasteiger partial charge is 0.466 e. The van der Waals surface area contributed by atoms with Gasteiger partial charge in [-0.1, -0.05) is 12.2 Å². The second kappa shape index (κ2) is 5.02. The average molecular weight is 223 g/mol. The highest BCUT2D eigenvalue weighted by Gasteiger charge is 2.51. The molecule has 2 rings (SSSR count). The molecule has 0 aromatic rings. The number of fused-ring (bicyclic) bond motifs is 1. The van der Waals surface area contributed by atoms with Crippen molar-refractivity contribution in [2.24, 2.45) is 17.6 Å². The van der Waals surface area contributed by atoms with Crippen LogP contribution in [0, 0.1) is 11.8 Å². The predicted octanol–water partition coefficient (Wildman–Crippen LogP) is 1.05. The molecule has 0 aromatic carbocycles.